The molecule has 0 aliphatic heterocycles. The molecule has 0 saturated heterocycles. The number of carbonyl (C=O) groups is 5. The van der Waals surface area contributed by atoms with Crippen LogP contribution in [-0.4, -0.2) is 108 Å². The van der Waals surface area contributed by atoms with Gasteiger partial charge in [0.15, 0.2) is 11.9 Å². The van der Waals surface area contributed by atoms with Crippen molar-refractivity contribution in [3.8, 4) is 0 Å². The lowest BCUT2D eigenvalue weighted by Crippen LogP contribution is -2.61. The monoisotopic (exact) mass is 672 g/mol. The van der Waals surface area contributed by atoms with E-state index in [1.165, 1.54) is 6.92 Å². The van der Waals surface area contributed by atoms with Gasteiger partial charge in [-0.05, 0) is 64.3 Å². The second-order valence-electron chi connectivity index (χ2n) is 11.7. The molecule has 19 heteroatoms. The summed E-state index contributed by atoms with van der Waals surface area (Å²) in [6.45, 7) is 5.59. The number of unbranched alkanes of at least 4 members (excludes halogenated alkanes) is 1. The number of nitrogens with zero attached hydrogens (tertiary/aromatic N) is 2. The van der Waals surface area contributed by atoms with Gasteiger partial charge in [-0.25, -0.2) is 4.79 Å². The van der Waals surface area contributed by atoms with E-state index >= 15 is 0 Å². The van der Waals surface area contributed by atoms with E-state index < -0.39 is 65.9 Å². The Bertz CT molecular complexity index is 1060. The molecule has 0 bridgehead atoms. The second kappa shape index (κ2) is 23.1. The van der Waals surface area contributed by atoms with Gasteiger partial charge in [-0.15, -0.1) is 0 Å². The molecule has 0 spiro atoms. The Balaban J connectivity index is 5.82. The van der Waals surface area contributed by atoms with Crippen molar-refractivity contribution >= 4 is 41.5 Å². The minimum absolute atomic E-state index is 0.0134. The van der Waals surface area contributed by atoms with Crippen LogP contribution in [0.5, 0.6) is 0 Å². The average molecular weight is 673 g/mol. The fourth-order valence-corrected chi connectivity index (χ4v) is 4.35. The maximum Gasteiger partial charge on any atom is 0.326 e. The normalized spacial score (nSPS) is 14.8. The molecule has 0 fully saturated rings. The molecule has 0 saturated carbocycles. The molecule has 0 radical (unpaired) electrons. The van der Waals surface area contributed by atoms with Gasteiger partial charge >= 0.3 is 5.97 Å². The van der Waals surface area contributed by atoms with Crippen molar-refractivity contribution in [2.75, 3.05) is 19.6 Å². The number of carboxylic acid groups (broad SMARTS) is 1. The molecule has 19 nitrogen and oxygen atoms in total. The molecular formula is C28H56N12O7. The molecule has 270 valence electrons. The fraction of sp³-hybridized carbons (Fsp3) is 0.750. The van der Waals surface area contributed by atoms with Crippen molar-refractivity contribution in [1.29, 1.82) is 0 Å². The summed E-state index contributed by atoms with van der Waals surface area (Å²) in [6.07, 6.45) is 0.905. The molecule has 6 atom stereocenters. The summed E-state index contributed by atoms with van der Waals surface area (Å²) in [6, 6.07) is -6.13. The third kappa shape index (κ3) is 19.1. The van der Waals surface area contributed by atoms with Crippen molar-refractivity contribution in [1.82, 2.24) is 21.3 Å². The lowest BCUT2D eigenvalue weighted by molar-refractivity contribution is -0.142. The van der Waals surface area contributed by atoms with Crippen LogP contribution in [0.1, 0.15) is 72.1 Å². The van der Waals surface area contributed by atoms with Gasteiger partial charge in [0.1, 0.15) is 24.2 Å². The summed E-state index contributed by atoms with van der Waals surface area (Å²) >= 11 is 0. The average Bonchev–Trinajstić information content (AvgIpc) is 2.97. The summed E-state index contributed by atoms with van der Waals surface area (Å²) in [5.41, 5.74) is 32.8. The molecule has 0 aromatic heterocycles. The number of carboxylic acids is 1. The van der Waals surface area contributed by atoms with Gasteiger partial charge in [-0.2, -0.15) is 0 Å². The number of aliphatic carboxylic acids is 1. The molecule has 0 rings (SSSR count). The van der Waals surface area contributed by atoms with Gasteiger partial charge in [0, 0.05) is 13.1 Å². The highest BCUT2D eigenvalue weighted by Crippen LogP contribution is 2.09. The minimum atomic E-state index is -1.55. The SMILES string of the molecule is CC(C)C[C@H](NC(=O)[C@H](NC(=O)[C@H](CCCN=C(N)N)NC(=O)[C@H](N)CCCCN)[C@@H](C)O)C(=O)N[C@@H](CCCN=C(N)N)C(=O)O. The summed E-state index contributed by atoms with van der Waals surface area (Å²) < 4.78 is 0. The van der Waals surface area contributed by atoms with E-state index in [-0.39, 0.29) is 63.0 Å². The molecule has 0 heterocycles. The van der Waals surface area contributed by atoms with Crippen LogP contribution >= 0.6 is 0 Å². The Labute approximate surface area is 275 Å². The minimum Gasteiger partial charge on any atom is -0.480 e. The van der Waals surface area contributed by atoms with Crippen molar-refractivity contribution in [2.24, 2.45) is 50.3 Å². The Kier molecular flexibility index (Phi) is 21.1. The second-order valence-corrected chi connectivity index (χ2v) is 11.7. The number of guanidine groups is 2. The smallest absolute Gasteiger partial charge is 0.326 e. The molecule has 18 N–H and O–H groups in total. The van der Waals surface area contributed by atoms with Crippen molar-refractivity contribution < 1.29 is 34.2 Å². The number of amides is 4. The van der Waals surface area contributed by atoms with Crippen LogP contribution in [0.15, 0.2) is 9.98 Å². The topological polar surface area (TPSA) is 355 Å². The highest BCUT2D eigenvalue weighted by atomic mass is 16.4. The first-order valence-electron chi connectivity index (χ1n) is 15.7. The molecular weight excluding hydrogens is 616 g/mol. The first kappa shape index (κ1) is 42.8. The number of hydrogen-bond acceptors (Lipinski definition) is 10. The van der Waals surface area contributed by atoms with E-state index in [9.17, 15) is 34.2 Å². The predicted molar refractivity (Wildman–Crippen MR) is 177 cm³/mol. The molecule has 0 aliphatic carbocycles. The lowest BCUT2D eigenvalue weighted by Gasteiger charge is -2.28. The number of nitrogens with one attached hydrogen (secondary N) is 4. The molecule has 0 aromatic rings. The van der Waals surface area contributed by atoms with Crippen LogP contribution in [0.2, 0.25) is 0 Å². The maximum atomic E-state index is 13.4. The van der Waals surface area contributed by atoms with Crippen LogP contribution in [0.3, 0.4) is 0 Å². The summed E-state index contributed by atoms with van der Waals surface area (Å²) in [5.74, 6) is -4.78. The van der Waals surface area contributed by atoms with Crippen molar-refractivity contribution in [3.63, 3.8) is 0 Å². The Morgan fingerprint density at radius 3 is 1.62 bits per heavy atom. The highest BCUT2D eigenvalue weighted by molar-refractivity contribution is 5.95. The number of hydrogen-bond donors (Lipinski definition) is 12. The number of nitrogens with two attached hydrogens (primary N) is 6. The fourth-order valence-electron chi connectivity index (χ4n) is 4.35. The summed E-state index contributed by atoms with van der Waals surface area (Å²) in [4.78, 5) is 72.1. The number of aliphatic hydroxyl groups excluding tert-OH is 1. The number of rotatable bonds is 24. The Morgan fingerprint density at radius 1 is 0.660 bits per heavy atom. The molecule has 47 heavy (non-hydrogen) atoms. The maximum absolute atomic E-state index is 13.4. The van der Waals surface area contributed by atoms with Gasteiger partial charge < -0.3 is 65.9 Å². The van der Waals surface area contributed by atoms with E-state index in [1.807, 2.05) is 0 Å². The first-order valence-corrected chi connectivity index (χ1v) is 15.7. The number of carbonyl (C=O) groups excluding carboxylic acids is 4. The summed E-state index contributed by atoms with van der Waals surface area (Å²) in [5, 5.41) is 30.0. The van der Waals surface area contributed by atoms with Crippen molar-refractivity contribution in [2.45, 2.75) is 108 Å². The number of aliphatic hydroxyl groups is 1. The Morgan fingerprint density at radius 2 is 1.15 bits per heavy atom. The third-order valence-corrected chi connectivity index (χ3v) is 6.85. The van der Waals surface area contributed by atoms with E-state index in [1.54, 1.807) is 13.8 Å². The Hall–Kier alpha value is -4.23. The molecule has 4 amide bonds. The number of aliphatic imine (C=N–C) groups is 2. The van der Waals surface area contributed by atoms with Gasteiger partial charge in [0.25, 0.3) is 0 Å². The standard InChI is InChI=1S/C28H56N12O7/c1-15(2)14-20(24(44)38-19(26(46)47)10-7-13-36-28(33)34)39-25(45)21(16(3)41)40-23(43)18(9-6-12-35-27(31)32)37-22(42)17(30)8-4-5-11-29/h15-21,41H,4-14,29-30H2,1-3H3,(H,37,42)(H,38,44)(H,39,45)(H,40,43)(H,46,47)(H4,31,32,35)(H4,33,34,36)/t16-,17-,18+,19+,20+,21-/m1/s1. The zero-order valence-electron chi connectivity index (χ0n) is 27.6. The molecule has 0 aromatic carbocycles. The molecule has 0 aliphatic rings. The first-order chi connectivity index (χ1) is 22.0. The van der Waals surface area contributed by atoms with Gasteiger partial charge in [0.05, 0.1) is 12.1 Å². The lowest BCUT2D eigenvalue weighted by atomic mass is 10.0. The van der Waals surface area contributed by atoms with Crippen LogP contribution < -0.4 is 55.7 Å². The van der Waals surface area contributed by atoms with Gasteiger partial charge in [-0.1, -0.05) is 20.3 Å². The van der Waals surface area contributed by atoms with E-state index in [2.05, 4.69) is 31.3 Å². The predicted octanol–water partition coefficient (Wildman–Crippen LogP) is -4.00. The molecule has 0 unspecified atom stereocenters. The van der Waals surface area contributed by atoms with Gasteiger partial charge in [-0.3, -0.25) is 29.2 Å². The van der Waals surface area contributed by atoms with Crippen LogP contribution in [0, 0.1) is 5.92 Å². The highest BCUT2D eigenvalue weighted by Gasteiger charge is 2.34. The zero-order valence-corrected chi connectivity index (χ0v) is 27.6. The van der Waals surface area contributed by atoms with E-state index in [4.69, 9.17) is 34.4 Å². The summed E-state index contributed by atoms with van der Waals surface area (Å²) in [7, 11) is 0. The van der Waals surface area contributed by atoms with Gasteiger partial charge in [0.2, 0.25) is 23.6 Å². The quantitative estimate of drug-likeness (QED) is 0.0264. The van der Waals surface area contributed by atoms with Crippen molar-refractivity contribution in [3.05, 3.63) is 0 Å². The van der Waals surface area contributed by atoms with Crippen LogP contribution in [0.4, 0.5) is 0 Å². The van der Waals surface area contributed by atoms with E-state index in [0.717, 1.165) is 0 Å². The third-order valence-electron chi connectivity index (χ3n) is 6.85. The zero-order chi connectivity index (χ0) is 36.1. The van der Waals surface area contributed by atoms with Crippen LogP contribution in [0.25, 0.3) is 0 Å². The van der Waals surface area contributed by atoms with Crippen LogP contribution in [-0.2, 0) is 24.0 Å². The van der Waals surface area contributed by atoms with E-state index in [0.29, 0.717) is 25.8 Å². The largest absolute Gasteiger partial charge is 0.480 e.